The number of aromatic nitrogens is 1. The van der Waals surface area contributed by atoms with Crippen LogP contribution in [-0.2, 0) is 0 Å². The van der Waals surface area contributed by atoms with Gasteiger partial charge in [-0.25, -0.2) is 4.98 Å². The molecule has 1 aromatic heterocycles. The molecule has 0 saturated heterocycles. The minimum atomic E-state index is -0.316. The maximum Gasteiger partial charge on any atom is 0.263 e. The monoisotopic (exact) mass is 315 g/mol. The lowest BCUT2D eigenvalue weighted by atomic mass is 10.1. The number of hydrogen-bond donors (Lipinski definition) is 1. The third kappa shape index (κ3) is 2.39. The van der Waals surface area contributed by atoms with Gasteiger partial charge in [-0.2, -0.15) is 0 Å². The first-order valence-electron chi connectivity index (χ1n) is 6.73. The van der Waals surface area contributed by atoms with Gasteiger partial charge in [0, 0.05) is 13.1 Å². The zero-order valence-corrected chi connectivity index (χ0v) is 12.6. The third-order valence-electron chi connectivity index (χ3n) is 3.45. The summed E-state index contributed by atoms with van der Waals surface area (Å²) in [6.07, 6.45) is 0. The topological polar surface area (TPSA) is 79.4 Å². The van der Waals surface area contributed by atoms with Crippen LogP contribution in [-0.4, -0.2) is 40.7 Å². The molecule has 0 radical (unpaired) electrons. The normalized spacial score (nSPS) is 13.4. The Balaban J connectivity index is 1.62. The van der Waals surface area contributed by atoms with E-state index in [1.54, 1.807) is 36.7 Å². The molecule has 2 heterocycles. The molecule has 0 fully saturated rings. The van der Waals surface area contributed by atoms with Gasteiger partial charge in [0.1, 0.15) is 4.88 Å². The van der Waals surface area contributed by atoms with E-state index in [1.807, 2.05) is 0 Å². The first-order valence-corrected chi connectivity index (χ1v) is 7.61. The summed E-state index contributed by atoms with van der Waals surface area (Å²) in [5.41, 5.74) is 3.10. The van der Waals surface area contributed by atoms with Crippen molar-refractivity contribution in [2.45, 2.75) is 6.92 Å². The third-order valence-corrected chi connectivity index (χ3v) is 4.38. The second-order valence-electron chi connectivity index (χ2n) is 4.83. The van der Waals surface area contributed by atoms with E-state index in [0.29, 0.717) is 21.7 Å². The fourth-order valence-corrected chi connectivity index (χ4v) is 3.04. The molecule has 1 aliphatic heterocycles. The number of imide groups is 1. The van der Waals surface area contributed by atoms with Gasteiger partial charge in [0.25, 0.3) is 17.7 Å². The van der Waals surface area contributed by atoms with Gasteiger partial charge in [0.2, 0.25) is 0 Å². The number of rotatable bonds is 4. The summed E-state index contributed by atoms with van der Waals surface area (Å²) >= 11 is 1.26. The van der Waals surface area contributed by atoms with Crippen LogP contribution in [0.25, 0.3) is 0 Å². The van der Waals surface area contributed by atoms with Crippen LogP contribution in [0, 0.1) is 6.92 Å². The highest BCUT2D eigenvalue weighted by Crippen LogP contribution is 2.21. The number of carbonyl (C=O) groups is 3. The first-order chi connectivity index (χ1) is 10.6. The van der Waals surface area contributed by atoms with Gasteiger partial charge in [0.15, 0.2) is 0 Å². The Hall–Kier alpha value is -2.54. The maximum atomic E-state index is 12.2. The second kappa shape index (κ2) is 5.69. The summed E-state index contributed by atoms with van der Waals surface area (Å²) < 4.78 is 0. The fourth-order valence-electron chi connectivity index (χ4n) is 2.32. The number of nitrogens with one attached hydrogen (secondary N) is 1. The van der Waals surface area contributed by atoms with Crippen molar-refractivity contribution >= 4 is 29.1 Å². The molecule has 3 amide bonds. The molecule has 0 saturated carbocycles. The van der Waals surface area contributed by atoms with E-state index >= 15 is 0 Å². The summed E-state index contributed by atoms with van der Waals surface area (Å²) in [5.74, 6) is -0.871. The molecule has 1 aromatic carbocycles. The number of thiazole rings is 1. The molecule has 0 atom stereocenters. The Morgan fingerprint density at radius 2 is 1.86 bits per heavy atom. The zero-order chi connectivity index (χ0) is 15.7. The SMILES string of the molecule is Cc1ncsc1C(=O)NCCN1C(=O)c2ccccc2C1=O. The molecule has 3 rings (SSSR count). The molecule has 0 spiro atoms. The van der Waals surface area contributed by atoms with E-state index < -0.39 is 0 Å². The Morgan fingerprint density at radius 1 is 1.23 bits per heavy atom. The molecule has 1 aliphatic rings. The van der Waals surface area contributed by atoms with Crippen LogP contribution < -0.4 is 5.32 Å². The van der Waals surface area contributed by atoms with Gasteiger partial charge in [-0.15, -0.1) is 11.3 Å². The average molecular weight is 315 g/mol. The van der Waals surface area contributed by atoms with Crippen molar-refractivity contribution in [1.82, 2.24) is 15.2 Å². The number of aryl methyl sites for hydroxylation is 1. The van der Waals surface area contributed by atoms with Crippen LogP contribution in [0.2, 0.25) is 0 Å². The van der Waals surface area contributed by atoms with Crippen LogP contribution in [0.1, 0.15) is 36.1 Å². The number of nitrogens with zero attached hydrogens (tertiary/aromatic N) is 2. The smallest absolute Gasteiger partial charge is 0.263 e. The molecule has 2 aromatic rings. The average Bonchev–Trinajstić information content (AvgIpc) is 3.05. The van der Waals surface area contributed by atoms with E-state index in [-0.39, 0.29) is 30.8 Å². The second-order valence-corrected chi connectivity index (χ2v) is 5.69. The van der Waals surface area contributed by atoms with Gasteiger partial charge in [-0.1, -0.05) is 12.1 Å². The van der Waals surface area contributed by atoms with E-state index in [2.05, 4.69) is 10.3 Å². The van der Waals surface area contributed by atoms with Crippen molar-refractivity contribution in [3.05, 3.63) is 51.5 Å². The quantitative estimate of drug-likeness (QED) is 0.867. The lowest BCUT2D eigenvalue weighted by molar-refractivity contribution is 0.0650. The summed E-state index contributed by atoms with van der Waals surface area (Å²) in [4.78, 5) is 42.0. The Labute approximate surface area is 130 Å². The molecule has 0 unspecified atom stereocenters. The van der Waals surface area contributed by atoms with Crippen molar-refractivity contribution in [2.24, 2.45) is 0 Å². The maximum absolute atomic E-state index is 12.2. The van der Waals surface area contributed by atoms with Crippen molar-refractivity contribution in [2.75, 3.05) is 13.1 Å². The van der Waals surface area contributed by atoms with Gasteiger partial charge in [-0.05, 0) is 19.1 Å². The van der Waals surface area contributed by atoms with E-state index in [4.69, 9.17) is 0 Å². The molecule has 6 nitrogen and oxygen atoms in total. The first kappa shape index (κ1) is 14.4. The molecule has 22 heavy (non-hydrogen) atoms. The Kier molecular flexibility index (Phi) is 3.72. The molecule has 7 heteroatoms. The fraction of sp³-hybridized carbons (Fsp3) is 0.200. The molecular formula is C15H13N3O3S. The highest BCUT2D eigenvalue weighted by atomic mass is 32.1. The molecule has 1 N–H and O–H groups in total. The molecule has 0 aliphatic carbocycles. The van der Waals surface area contributed by atoms with Gasteiger partial charge < -0.3 is 5.32 Å². The number of amides is 3. The predicted octanol–water partition coefficient (Wildman–Crippen LogP) is 1.48. The number of hydrogen-bond acceptors (Lipinski definition) is 5. The number of benzene rings is 1. The summed E-state index contributed by atoms with van der Waals surface area (Å²) in [6, 6.07) is 6.72. The Bertz CT molecular complexity index is 734. The lowest BCUT2D eigenvalue weighted by Crippen LogP contribution is -2.38. The lowest BCUT2D eigenvalue weighted by Gasteiger charge is -2.14. The van der Waals surface area contributed by atoms with Crippen molar-refractivity contribution < 1.29 is 14.4 Å². The van der Waals surface area contributed by atoms with Crippen LogP contribution in [0.3, 0.4) is 0 Å². The largest absolute Gasteiger partial charge is 0.349 e. The summed E-state index contributed by atoms with van der Waals surface area (Å²) in [7, 11) is 0. The molecule has 112 valence electrons. The molecule has 0 bridgehead atoms. The predicted molar refractivity (Wildman–Crippen MR) is 81.0 cm³/mol. The van der Waals surface area contributed by atoms with Crippen LogP contribution >= 0.6 is 11.3 Å². The minimum absolute atomic E-state index is 0.149. The van der Waals surface area contributed by atoms with Crippen LogP contribution in [0.15, 0.2) is 29.8 Å². The Morgan fingerprint density at radius 3 is 2.41 bits per heavy atom. The van der Waals surface area contributed by atoms with Crippen molar-refractivity contribution in [3.8, 4) is 0 Å². The number of fused-ring (bicyclic) bond motifs is 1. The highest BCUT2D eigenvalue weighted by Gasteiger charge is 2.34. The van der Waals surface area contributed by atoms with E-state index in [1.165, 1.54) is 11.3 Å². The zero-order valence-electron chi connectivity index (χ0n) is 11.8. The van der Waals surface area contributed by atoms with Gasteiger partial charge >= 0.3 is 0 Å². The van der Waals surface area contributed by atoms with Gasteiger partial charge in [-0.3, -0.25) is 19.3 Å². The highest BCUT2D eigenvalue weighted by molar-refractivity contribution is 7.11. The van der Waals surface area contributed by atoms with Crippen molar-refractivity contribution in [1.29, 1.82) is 0 Å². The van der Waals surface area contributed by atoms with Gasteiger partial charge in [0.05, 0.1) is 22.3 Å². The van der Waals surface area contributed by atoms with Crippen LogP contribution in [0.4, 0.5) is 0 Å². The van der Waals surface area contributed by atoms with Crippen LogP contribution in [0.5, 0.6) is 0 Å². The summed E-state index contributed by atoms with van der Waals surface area (Å²) in [6.45, 7) is 2.12. The molecular weight excluding hydrogens is 302 g/mol. The number of carbonyl (C=O) groups excluding carboxylic acids is 3. The summed E-state index contributed by atoms with van der Waals surface area (Å²) in [5, 5.41) is 2.71. The van der Waals surface area contributed by atoms with Crippen molar-refractivity contribution in [3.63, 3.8) is 0 Å². The minimum Gasteiger partial charge on any atom is -0.349 e. The standard InChI is InChI=1S/C15H13N3O3S/c1-9-12(22-8-17-9)13(19)16-6-7-18-14(20)10-4-2-3-5-11(10)15(18)21/h2-5,8H,6-7H2,1H3,(H,16,19). The van der Waals surface area contributed by atoms with E-state index in [0.717, 1.165) is 4.90 Å². The van der Waals surface area contributed by atoms with E-state index in [9.17, 15) is 14.4 Å².